The summed E-state index contributed by atoms with van der Waals surface area (Å²) in [5.41, 5.74) is -0.350. The van der Waals surface area contributed by atoms with Crippen molar-refractivity contribution >= 4 is 6.21 Å². The monoisotopic (exact) mass is 248 g/mol. The van der Waals surface area contributed by atoms with E-state index in [1.165, 1.54) is 0 Å². The van der Waals surface area contributed by atoms with Crippen molar-refractivity contribution in [3.63, 3.8) is 0 Å². The number of alkyl halides is 2. The van der Waals surface area contributed by atoms with Gasteiger partial charge in [0.05, 0.1) is 23.9 Å². The topological polar surface area (TPSA) is 82.3 Å². The highest BCUT2D eigenvalue weighted by atomic mass is 19.3. The smallest absolute Gasteiger partial charge is 0.302 e. The number of rotatable bonds is 6. The van der Waals surface area contributed by atoms with Gasteiger partial charge in [-0.25, -0.2) is 8.78 Å². The van der Waals surface area contributed by atoms with Crippen molar-refractivity contribution in [1.82, 2.24) is 10.2 Å². The van der Waals surface area contributed by atoms with E-state index in [0.717, 1.165) is 6.20 Å². The van der Waals surface area contributed by atoms with Crippen LogP contribution in [0.25, 0.3) is 0 Å². The third-order valence-electron chi connectivity index (χ3n) is 2.49. The summed E-state index contributed by atoms with van der Waals surface area (Å²) in [6.07, 6.45) is 0.0782. The molecule has 1 atom stereocenters. The lowest BCUT2D eigenvalue weighted by molar-refractivity contribution is -0.414. The normalized spacial score (nSPS) is 21.8. The molecule has 1 aliphatic heterocycles. The van der Waals surface area contributed by atoms with Crippen LogP contribution in [0.15, 0.2) is 11.9 Å². The second-order valence-electron chi connectivity index (χ2n) is 3.77. The Morgan fingerprint density at radius 1 is 1.71 bits per heavy atom. The van der Waals surface area contributed by atoms with Gasteiger partial charge in [-0.05, 0) is 6.42 Å². The predicted molar refractivity (Wildman–Crippen MR) is 57.8 cm³/mol. The van der Waals surface area contributed by atoms with Crippen LogP contribution in [-0.4, -0.2) is 48.1 Å². The second kappa shape index (κ2) is 6.24. The molecule has 0 spiro atoms. The van der Waals surface area contributed by atoms with Crippen molar-refractivity contribution in [2.45, 2.75) is 18.9 Å². The van der Waals surface area contributed by atoms with Gasteiger partial charge in [0.15, 0.2) is 0 Å². The quantitative estimate of drug-likeness (QED) is 0.411. The average molecular weight is 248 g/mol. The molecule has 0 aliphatic carbocycles. The molecule has 1 heterocycles. The standard InChI is InChI=1S/C9H14F2N4O2/c10-9(11)6-14-2-1-7(5-14)13-4-8(3-12)15(16)17/h3-4,7,9,12-13H,1-2,5-6H2/b8-4+,12-3?/t7-/m0/s1. The Bertz CT molecular complexity index is 322. The van der Waals surface area contributed by atoms with E-state index in [0.29, 0.717) is 25.7 Å². The number of nitrogens with zero attached hydrogens (tertiary/aromatic N) is 2. The molecule has 1 aliphatic rings. The zero-order valence-corrected chi connectivity index (χ0v) is 9.10. The summed E-state index contributed by atoms with van der Waals surface area (Å²) >= 11 is 0. The minimum Gasteiger partial charge on any atom is -0.381 e. The van der Waals surface area contributed by atoms with E-state index < -0.39 is 11.3 Å². The largest absolute Gasteiger partial charge is 0.381 e. The van der Waals surface area contributed by atoms with Gasteiger partial charge in [-0.1, -0.05) is 0 Å². The first-order valence-corrected chi connectivity index (χ1v) is 5.14. The SMILES string of the molecule is N=C/C(=C\N[C@H]1CCN(CC(F)F)C1)[N+](=O)[O-]. The van der Waals surface area contributed by atoms with E-state index in [9.17, 15) is 18.9 Å². The molecule has 1 fully saturated rings. The lowest BCUT2D eigenvalue weighted by Gasteiger charge is -2.14. The molecule has 0 saturated carbocycles. The maximum Gasteiger partial charge on any atom is 0.302 e. The van der Waals surface area contributed by atoms with Crippen molar-refractivity contribution in [3.05, 3.63) is 22.0 Å². The van der Waals surface area contributed by atoms with Gasteiger partial charge in [0.2, 0.25) is 0 Å². The van der Waals surface area contributed by atoms with Crippen LogP contribution in [0.1, 0.15) is 6.42 Å². The minimum absolute atomic E-state index is 0.0800. The molecule has 0 unspecified atom stereocenters. The highest BCUT2D eigenvalue weighted by Gasteiger charge is 2.24. The lowest BCUT2D eigenvalue weighted by atomic mass is 10.3. The number of nitro groups is 1. The fourth-order valence-electron chi connectivity index (χ4n) is 1.68. The molecule has 0 aromatic heterocycles. The molecule has 6 nitrogen and oxygen atoms in total. The van der Waals surface area contributed by atoms with Crippen molar-refractivity contribution < 1.29 is 13.7 Å². The third-order valence-corrected chi connectivity index (χ3v) is 2.49. The maximum absolute atomic E-state index is 12.1. The summed E-state index contributed by atoms with van der Waals surface area (Å²) in [5.74, 6) is 0. The van der Waals surface area contributed by atoms with Crippen LogP contribution in [0.2, 0.25) is 0 Å². The zero-order chi connectivity index (χ0) is 12.8. The fourth-order valence-corrected chi connectivity index (χ4v) is 1.68. The summed E-state index contributed by atoms with van der Waals surface area (Å²) < 4.78 is 24.2. The minimum atomic E-state index is -2.36. The molecule has 0 bridgehead atoms. The number of nitrogens with one attached hydrogen (secondary N) is 2. The maximum atomic E-state index is 12.1. The molecule has 17 heavy (non-hydrogen) atoms. The van der Waals surface area contributed by atoms with Crippen molar-refractivity contribution in [3.8, 4) is 0 Å². The van der Waals surface area contributed by atoms with E-state index >= 15 is 0 Å². The summed E-state index contributed by atoms with van der Waals surface area (Å²) in [5, 5.41) is 20.0. The van der Waals surface area contributed by atoms with E-state index in [-0.39, 0.29) is 18.3 Å². The van der Waals surface area contributed by atoms with Crippen LogP contribution in [0.4, 0.5) is 8.78 Å². The molecule has 96 valence electrons. The van der Waals surface area contributed by atoms with Crippen LogP contribution >= 0.6 is 0 Å². The first-order chi connectivity index (χ1) is 8.02. The second-order valence-corrected chi connectivity index (χ2v) is 3.77. The Morgan fingerprint density at radius 3 is 2.94 bits per heavy atom. The highest BCUT2D eigenvalue weighted by Crippen LogP contribution is 2.11. The molecule has 0 radical (unpaired) electrons. The first kappa shape index (κ1) is 13.5. The third kappa shape index (κ3) is 4.43. The molecular formula is C9H14F2N4O2. The number of hydrogen-bond acceptors (Lipinski definition) is 5. The van der Waals surface area contributed by atoms with E-state index in [1.807, 2.05) is 0 Å². The van der Waals surface area contributed by atoms with Gasteiger partial charge in [-0.3, -0.25) is 15.0 Å². The highest BCUT2D eigenvalue weighted by molar-refractivity contribution is 5.71. The molecule has 0 amide bonds. The van der Waals surface area contributed by atoms with Gasteiger partial charge in [-0.2, -0.15) is 0 Å². The fraction of sp³-hybridized carbons (Fsp3) is 0.667. The Kier molecular flexibility index (Phi) is 4.95. The number of likely N-dealkylation sites (tertiary alicyclic amines) is 1. The molecule has 1 saturated heterocycles. The van der Waals surface area contributed by atoms with Crippen molar-refractivity contribution in [1.29, 1.82) is 5.41 Å². The van der Waals surface area contributed by atoms with Crippen LogP contribution in [0.5, 0.6) is 0 Å². The molecule has 2 N–H and O–H groups in total. The molecule has 1 rings (SSSR count). The van der Waals surface area contributed by atoms with Gasteiger partial charge in [-0.15, -0.1) is 0 Å². The van der Waals surface area contributed by atoms with Gasteiger partial charge < -0.3 is 10.7 Å². The number of hydrogen-bond donors (Lipinski definition) is 2. The molecule has 0 aromatic rings. The average Bonchev–Trinajstić information content (AvgIpc) is 2.65. The van der Waals surface area contributed by atoms with Crippen LogP contribution in [-0.2, 0) is 0 Å². The van der Waals surface area contributed by atoms with Gasteiger partial charge >= 0.3 is 5.70 Å². The Balaban J connectivity index is 2.40. The van der Waals surface area contributed by atoms with Gasteiger partial charge in [0.1, 0.15) is 0 Å². The summed E-state index contributed by atoms with van der Waals surface area (Å²) in [4.78, 5) is 11.3. The predicted octanol–water partition coefficient (Wildman–Crippen LogP) is 0.683. The van der Waals surface area contributed by atoms with Crippen molar-refractivity contribution in [2.75, 3.05) is 19.6 Å². The molecular weight excluding hydrogens is 234 g/mol. The summed E-state index contributed by atoms with van der Waals surface area (Å²) in [6.45, 7) is 0.715. The van der Waals surface area contributed by atoms with E-state index in [1.54, 1.807) is 4.90 Å². The van der Waals surface area contributed by atoms with E-state index in [2.05, 4.69) is 5.32 Å². The van der Waals surface area contributed by atoms with Crippen molar-refractivity contribution in [2.24, 2.45) is 0 Å². The van der Waals surface area contributed by atoms with E-state index in [4.69, 9.17) is 5.41 Å². The summed E-state index contributed by atoms with van der Waals surface area (Å²) in [7, 11) is 0. The molecule has 0 aromatic carbocycles. The van der Waals surface area contributed by atoms with Crippen LogP contribution in [0, 0.1) is 15.5 Å². The van der Waals surface area contributed by atoms with Crippen LogP contribution < -0.4 is 5.32 Å². The van der Waals surface area contributed by atoms with Gasteiger partial charge in [0.25, 0.3) is 6.43 Å². The molecule has 8 heteroatoms. The Hall–Kier alpha value is -1.57. The Morgan fingerprint density at radius 2 is 2.41 bits per heavy atom. The zero-order valence-electron chi connectivity index (χ0n) is 9.10. The Labute approximate surface area is 96.9 Å². The first-order valence-electron chi connectivity index (χ1n) is 5.14. The van der Waals surface area contributed by atoms with Crippen LogP contribution in [0.3, 0.4) is 0 Å². The lowest BCUT2D eigenvalue weighted by Crippen LogP contribution is -2.32. The van der Waals surface area contributed by atoms with Gasteiger partial charge in [0, 0.05) is 19.1 Å². The summed E-state index contributed by atoms with van der Waals surface area (Å²) in [6, 6.07) is -0.0800. The number of halogens is 2. The number of allylic oxidation sites excluding steroid dienone is 1.